The molecule has 218 valence electrons. The van der Waals surface area contributed by atoms with Crippen molar-refractivity contribution < 1.29 is 14.2 Å². The average molecular weight is 560 g/mol. The van der Waals surface area contributed by atoms with Gasteiger partial charge in [0.05, 0.1) is 48.8 Å². The van der Waals surface area contributed by atoms with E-state index in [2.05, 4.69) is 52.2 Å². The molecule has 1 unspecified atom stereocenters. The Morgan fingerprint density at radius 1 is 1.02 bits per heavy atom. The summed E-state index contributed by atoms with van der Waals surface area (Å²) in [4.78, 5) is 17.9. The van der Waals surface area contributed by atoms with Crippen molar-refractivity contribution in [1.82, 2.24) is 14.9 Å². The maximum absolute atomic E-state index is 6.28. The molecule has 10 heteroatoms. The molecule has 0 bridgehead atoms. The quantitative estimate of drug-likeness (QED) is 0.164. The van der Waals surface area contributed by atoms with Gasteiger partial charge >= 0.3 is 0 Å². The second-order valence-electron chi connectivity index (χ2n) is 10.4. The topological polar surface area (TPSA) is 127 Å². The van der Waals surface area contributed by atoms with E-state index in [0.29, 0.717) is 45.3 Å². The Labute approximate surface area is 241 Å². The molecule has 41 heavy (non-hydrogen) atoms. The molecule has 5 rings (SSSR count). The number of likely N-dealkylation sites (N-methyl/N-ethyl adjacent to an activating group) is 1. The van der Waals surface area contributed by atoms with Crippen LogP contribution in [-0.4, -0.2) is 93.9 Å². The third-order valence-electron chi connectivity index (χ3n) is 7.27. The summed E-state index contributed by atoms with van der Waals surface area (Å²) in [5.74, 6) is 1.82. The van der Waals surface area contributed by atoms with Crippen LogP contribution in [0.3, 0.4) is 0 Å². The number of rotatable bonds is 13. The van der Waals surface area contributed by atoms with Crippen LogP contribution in [0, 0.1) is 5.92 Å². The number of benzene rings is 2. The highest BCUT2D eigenvalue weighted by atomic mass is 16.5. The molecule has 0 saturated carbocycles. The molecule has 2 aromatic carbocycles. The zero-order valence-corrected chi connectivity index (χ0v) is 23.8. The summed E-state index contributed by atoms with van der Waals surface area (Å²) < 4.78 is 16.6. The van der Waals surface area contributed by atoms with Crippen LogP contribution in [0.5, 0.6) is 0 Å². The van der Waals surface area contributed by atoms with Gasteiger partial charge in [-0.25, -0.2) is 4.98 Å². The van der Waals surface area contributed by atoms with E-state index in [1.54, 1.807) is 0 Å². The van der Waals surface area contributed by atoms with Crippen LogP contribution in [0.2, 0.25) is 0 Å². The normalized spacial score (nSPS) is 18.0. The van der Waals surface area contributed by atoms with E-state index in [-0.39, 0.29) is 5.92 Å². The molecule has 0 amide bonds. The van der Waals surface area contributed by atoms with Gasteiger partial charge < -0.3 is 40.5 Å². The van der Waals surface area contributed by atoms with Crippen LogP contribution in [0.4, 0.5) is 17.1 Å². The number of piperazine rings is 1. The highest BCUT2D eigenvalue weighted by molar-refractivity contribution is 5.84. The van der Waals surface area contributed by atoms with Gasteiger partial charge in [0, 0.05) is 56.1 Å². The van der Waals surface area contributed by atoms with E-state index in [4.69, 9.17) is 35.7 Å². The number of imidazole rings is 1. The van der Waals surface area contributed by atoms with Crippen LogP contribution in [0.1, 0.15) is 6.42 Å². The number of aromatic nitrogens is 2. The summed E-state index contributed by atoms with van der Waals surface area (Å²) in [5.41, 5.74) is 17.2. The second-order valence-corrected chi connectivity index (χ2v) is 10.4. The van der Waals surface area contributed by atoms with Crippen LogP contribution in [-0.2, 0) is 14.2 Å². The summed E-state index contributed by atoms with van der Waals surface area (Å²) >= 11 is 0. The summed E-state index contributed by atoms with van der Waals surface area (Å²) in [6.07, 6.45) is 8.89. The van der Waals surface area contributed by atoms with Gasteiger partial charge in [0.1, 0.15) is 18.2 Å². The lowest BCUT2D eigenvalue weighted by atomic mass is 10.0. The Kier molecular flexibility index (Phi) is 10.0. The van der Waals surface area contributed by atoms with Crippen molar-refractivity contribution in [3.05, 3.63) is 60.4 Å². The standard InChI is InChI=1S/C31H41N7O3/c1-37-11-13-38(14-12-37)25-5-9-28-30(21-25)36-31(35-28)24-4-8-27(33)29(20-24)34-22-23-2-6-26(7-3-23)41-19-18-40-17-16-39-15-10-32/h2,4-9,20-23H,3,10-19,32-33H2,1H3,(H,35,36). The van der Waals surface area contributed by atoms with E-state index < -0.39 is 0 Å². The Morgan fingerprint density at radius 2 is 1.83 bits per heavy atom. The molecule has 2 heterocycles. The van der Waals surface area contributed by atoms with E-state index >= 15 is 0 Å². The number of nitrogen functional groups attached to an aromatic ring is 1. The molecule has 1 aliphatic heterocycles. The summed E-state index contributed by atoms with van der Waals surface area (Å²) in [6.45, 7) is 7.38. The Morgan fingerprint density at radius 3 is 2.61 bits per heavy atom. The van der Waals surface area contributed by atoms with E-state index in [0.717, 1.165) is 66.5 Å². The van der Waals surface area contributed by atoms with Crippen molar-refractivity contribution in [2.24, 2.45) is 16.6 Å². The third kappa shape index (κ3) is 7.95. The number of H-pyrrole nitrogens is 1. The first-order valence-corrected chi connectivity index (χ1v) is 14.3. The zero-order valence-electron chi connectivity index (χ0n) is 23.8. The number of anilines is 2. The zero-order chi connectivity index (χ0) is 28.4. The van der Waals surface area contributed by atoms with Crippen LogP contribution < -0.4 is 16.4 Å². The fourth-order valence-electron chi connectivity index (χ4n) is 4.83. The molecule has 3 aromatic rings. The summed E-state index contributed by atoms with van der Waals surface area (Å²) in [7, 11) is 2.17. The number of fused-ring (bicyclic) bond motifs is 1. The summed E-state index contributed by atoms with van der Waals surface area (Å²) in [5, 5.41) is 0. The first-order chi connectivity index (χ1) is 20.1. The number of hydrogen-bond acceptors (Lipinski definition) is 9. The van der Waals surface area contributed by atoms with Crippen LogP contribution in [0.25, 0.3) is 22.4 Å². The predicted octanol–water partition coefficient (Wildman–Crippen LogP) is 3.73. The first kappa shape index (κ1) is 28.8. The van der Waals surface area contributed by atoms with Crippen molar-refractivity contribution in [2.45, 2.75) is 6.42 Å². The van der Waals surface area contributed by atoms with Gasteiger partial charge in [-0.3, -0.25) is 4.99 Å². The fraction of sp³-hybridized carbons (Fsp3) is 0.419. The molecular formula is C31H41N7O3. The number of ether oxygens (including phenoxy) is 3. The van der Waals surface area contributed by atoms with Crippen molar-refractivity contribution >= 4 is 34.3 Å². The van der Waals surface area contributed by atoms with E-state index in [1.165, 1.54) is 5.69 Å². The van der Waals surface area contributed by atoms with Crippen LogP contribution >= 0.6 is 0 Å². The smallest absolute Gasteiger partial charge is 0.138 e. The minimum Gasteiger partial charge on any atom is -0.492 e. The summed E-state index contributed by atoms with van der Waals surface area (Å²) in [6, 6.07) is 12.3. The molecule has 2 aliphatic rings. The highest BCUT2D eigenvalue weighted by Gasteiger charge is 2.16. The lowest BCUT2D eigenvalue weighted by Crippen LogP contribution is -2.44. The number of nitrogens with zero attached hydrogens (tertiary/aromatic N) is 4. The van der Waals surface area contributed by atoms with Gasteiger partial charge in [-0.2, -0.15) is 0 Å². The first-order valence-electron chi connectivity index (χ1n) is 14.3. The van der Waals surface area contributed by atoms with Crippen molar-refractivity contribution in [1.29, 1.82) is 0 Å². The third-order valence-corrected chi connectivity index (χ3v) is 7.27. The lowest BCUT2D eigenvalue weighted by molar-refractivity contribution is 0.0301. The van der Waals surface area contributed by atoms with Gasteiger partial charge in [0.25, 0.3) is 0 Å². The molecule has 1 saturated heterocycles. The number of hydrogen-bond donors (Lipinski definition) is 3. The molecule has 5 N–H and O–H groups in total. The van der Waals surface area contributed by atoms with Gasteiger partial charge in [0.15, 0.2) is 0 Å². The largest absolute Gasteiger partial charge is 0.492 e. The minimum absolute atomic E-state index is 0.167. The van der Waals surface area contributed by atoms with Crippen molar-refractivity contribution in [2.75, 3.05) is 83.4 Å². The van der Waals surface area contributed by atoms with Gasteiger partial charge in [-0.05, 0) is 62.0 Å². The fourth-order valence-corrected chi connectivity index (χ4v) is 4.83. The Hall–Kier alpha value is -3.70. The van der Waals surface area contributed by atoms with Gasteiger partial charge in [-0.1, -0.05) is 6.08 Å². The second kappa shape index (κ2) is 14.3. The number of aromatic amines is 1. The van der Waals surface area contributed by atoms with Crippen LogP contribution in [0.15, 0.2) is 65.4 Å². The van der Waals surface area contributed by atoms with Gasteiger partial charge in [0.2, 0.25) is 0 Å². The van der Waals surface area contributed by atoms with E-state index in [1.807, 2.05) is 30.5 Å². The Balaban J connectivity index is 1.15. The van der Waals surface area contributed by atoms with Crippen molar-refractivity contribution in [3.8, 4) is 11.4 Å². The maximum Gasteiger partial charge on any atom is 0.138 e. The van der Waals surface area contributed by atoms with Gasteiger partial charge in [-0.15, -0.1) is 0 Å². The minimum atomic E-state index is 0.167. The Bertz CT molecular complexity index is 1380. The molecule has 1 aromatic heterocycles. The molecule has 1 aliphatic carbocycles. The van der Waals surface area contributed by atoms with E-state index in [9.17, 15) is 0 Å². The predicted molar refractivity (Wildman–Crippen MR) is 166 cm³/mol. The lowest BCUT2D eigenvalue weighted by Gasteiger charge is -2.34. The SMILES string of the molecule is CN1CCN(c2ccc3nc(-c4ccc(N)c(N=CC5C=CC(OCCOCCOCCN)=CC5)c4)[nH]c3c2)CC1. The number of allylic oxidation sites excluding steroid dienone is 3. The number of aliphatic imine (C=N–C) groups is 1. The number of nitrogens with one attached hydrogen (secondary N) is 1. The highest BCUT2D eigenvalue weighted by Crippen LogP contribution is 2.31. The average Bonchev–Trinajstić information content (AvgIpc) is 3.43. The molecule has 1 atom stereocenters. The monoisotopic (exact) mass is 559 g/mol. The molecule has 0 radical (unpaired) electrons. The maximum atomic E-state index is 6.28. The molecule has 0 spiro atoms. The number of nitrogens with two attached hydrogens (primary N) is 2. The molecule has 1 fully saturated rings. The molecular weight excluding hydrogens is 518 g/mol. The molecule has 10 nitrogen and oxygen atoms in total. The van der Waals surface area contributed by atoms with Crippen molar-refractivity contribution in [3.63, 3.8) is 0 Å².